The summed E-state index contributed by atoms with van der Waals surface area (Å²) in [6.45, 7) is 4.22. The number of allylic oxidation sites excluding steroid dienone is 2. The molecule has 2 aromatic rings. The highest BCUT2D eigenvalue weighted by molar-refractivity contribution is 6.08. The van der Waals surface area contributed by atoms with Gasteiger partial charge in [0.05, 0.1) is 0 Å². The van der Waals surface area contributed by atoms with Crippen molar-refractivity contribution < 1.29 is 4.79 Å². The van der Waals surface area contributed by atoms with E-state index in [-0.39, 0.29) is 5.78 Å². The molecule has 0 aliphatic heterocycles. The van der Waals surface area contributed by atoms with Crippen molar-refractivity contribution in [3.63, 3.8) is 0 Å². The van der Waals surface area contributed by atoms with Crippen LogP contribution in [-0.4, -0.2) is 5.78 Å². The van der Waals surface area contributed by atoms with E-state index >= 15 is 0 Å². The Kier molecular flexibility index (Phi) is 4.30. The van der Waals surface area contributed by atoms with Crippen molar-refractivity contribution in [2.75, 3.05) is 0 Å². The van der Waals surface area contributed by atoms with Crippen molar-refractivity contribution >= 4 is 11.4 Å². The topological polar surface area (TPSA) is 17.1 Å². The molecule has 19 heavy (non-hydrogen) atoms. The predicted octanol–water partition coefficient (Wildman–Crippen LogP) is 4.61. The average Bonchev–Trinajstić information content (AvgIpc) is 2.46. The molecule has 96 valence electrons. The normalized spacial score (nSPS) is 11.6. The fourth-order valence-electron chi connectivity index (χ4n) is 2.04. The quantitative estimate of drug-likeness (QED) is 0.572. The number of rotatable bonds is 4. The molecule has 0 amide bonds. The van der Waals surface area contributed by atoms with E-state index < -0.39 is 0 Å². The maximum Gasteiger partial charge on any atom is 0.186 e. The van der Waals surface area contributed by atoms with Crippen LogP contribution in [0.25, 0.3) is 5.57 Å². The molecule has 0 fully saturated rings. The van der Waals surface area contributed by atoms with Crippen molar-refractivity contribution in [3.05, 3.63) is 77.9 Å². The Bertz CT molecular complexity index is 565. The van der Waals surface area contributed by atoms with Crippen LogP contribution >= 0.6 is 0 Å². The van der Waals surface area contributed by atoms with Crippen LogP contribution in [-0.2, 0) is 0 Å². The molecule has 1 heteroatoms. The first-order valence-corrected chi connectivity index (χ1v) is 6.55. The first-order chi connectivity index (χ1) is 9.18. The van der Waals surface area contributed by atoms with Crippen LogP contribution in [0.1, 0.15) is 29.8 Å². The zero-order valence-corrected chi connectivity index (χ0v) is 11.3. The Morgan fingerprint density at radius 3 is 1.79 bits per heavy atom. The molecule has 0 aliphatic carbocycles. The van der Waals surface area contributed by atoms with E-state index in [1.54, 1.807) is 6.08 Å². The molecular formula is C18H18O. The van der Waals surface area contributed by atoms with E-state index in [0.717, 1.165) is 16.7 Å². The van der Waals surface area contributed by atoms with Gasteiger partial charge in [0.15, 0.2) is 5.78 Å². The summed E-state index contributed by atoms with van der Waals surface area (Å²) in [4.78, 5) is 12.3. The lowest BCUT2D eigenvalue weighted by Crippen LogP contribution is -2.00. The van der Waals surface area contributed by atoms with Gasteiger partial charge in [-0.25, -0.2) is 0 Å². The van der Waals surface area contributed by atoms with Crippen molar-refractivity contribution in [1.82, 2.24) is 0 Å². The van der Waals surface area contributed by atoms with Gasteiger partial charge in [0.1, 0.15) is 0 Å². The summed E-state index contributed by atoms with van der Waals surface area (Å²) in [6, 6.07) is 19.5. The molecule has 0 N–H and O–H groups in total. The Hall–Kier alpha value is -2.15. The Balaban J connectivity index is 2.35. The van der Waals surface area contributed by atoms with E-state index in [4.69, 9.17) is 0 Å². The van der Waals surface area contributed by atoms with E-state index in [0.29, 0.717) is 5.92 Å². The molecule has 1 nitrogen and oxygen atoms in total. The lowest BCUT2D eigenvalue weighted by Gasteiger charge is -2.11. The summed E-state index contributed by atoms with van der Waals surface area (Å²) in [5, 5.41) is 0. The van der Waals surface area contributed by atoms with Gasteiger partial charge in [-0.15, -0.1) is 0 Å². The summed E-state index contributed by atoms with van der Waals surface area (Å²) >= 11 is 0. The van der Waals surface area contributed by atoms with Gasteiger partial charge in [-0.05, 0) is 23.1 Å². The number of benzene rings is 2. The highest BCUT2D eigenvalue weighted by atomic mass is 16.1. The number of carbonyl (C=O) groups excluding carboxylic acids is 1. The Labute approximate surface area is 114 Å². The molecule has 0 unspecified atom stereocenters. The molecule has 0 aromatic heterocycles. The van der Waals surface area contributed by atoms with Crippen LogP contribution in [0.2, 0.25) is 0 Å². The number of ketones is 1. The lowest BCUT2D eigenvalue weighted by molar-refractivity contribution is 0.104. The minimum atomic E-state index is 0.0631. The van der Waals surface area contributed by atoms with Crippen LogP contribution in [0.5, 0.6) is 0 Å². The van der Waals surface area contributed by atoms with Crippen molar-refractivity contribution in [1.29, 1.82) is 0 Å². The second kappa shape index (κ2) is 6.14. The zero-order valence-electron chi connectivity index (χ0n) is 11.3. The largest absolute Gasteiger partial charge is 0.289 e. The number of carbonyl (C=O) groups is 1. The van der Waals surface area contributed by atoms with Crippen molar-refractivity contribution in [3.8, 4) is 0 Å². The van der Waals surface area contributed by atoms with Gasteiger partial charge in [-0.3, -0.25) is 4.79 Å². The van der Waals surface area contributed by atoms with Gasteiger partial charge in [0, 0.05) is 5.56 Å². The summed E-state index contributed by atoms with van der Waals surface area (Å²) in [7, 11) is 0. The van der Waals surface area contributed by atoms with Crippen LogP contribution < -0.4 is 0 Å². The standard InChI is InChI=1S/C18H18O/c1-14(2)17(15-9-5-3-6-10-15)13-18(19)16-11-7-4-8-12-16/h3-14H,1-2H3/b17-13+. The van der Waals surface area contributed by atoms with Gasteiger partial charge < -0.3 is 0 Å². The zero-order chi connectivity index (χ0) is 13.7. The smallest absolute Gasteiger partial charge is 0.186 e. The maximum absolute atomic E-state index is 12.3. The number of hydrogen-bond acceptors (Lipinski definition) is 1. The molecule has 0 bridgehead atoms. The van der Waals surface area contributed by atoms with Gasteiger partial charge in [0.25, 0.3) is 0 Å². The summed E-state index contributed by atoms with van der Waals surface area (Å²) in [6.07, 6.45) is 1.76. The first kappa shape index (κ1) is 13.3. The van der Waals surface area contributed by atoms with Crippen LogP contribution in [0, 0.1) is 5.92 Å². The van der Waals surface area contributed by atoms with Crippen LogP contribution in [0.4, 0.5) is 0 Å². The predicted molar refractivity (Wildman–Crippen MR) is 80.0 cm³/mol. The number of hydrogen-bond donors (Lipinski definition) is 0. The summed E-state index contributed by atoms with van der Waals surface area (Å²) < 4.78 is 0. The SMILES string of the molecule is CC(C)/C(=C\C(=O)c1ccccc1)c1ccccc1. The lowest BCUT2D eigenvalue weighted by atomic mass is 9.93. The van der Waals surface area contributed by atoms with Gasteiger partial charge in [-0.1, -0.05) is 74.5 Å². The van der Waals surface area contributed by atoms with Crippen LogP contribution in [0.15, 0.2) is 66.7 Å². The molecule has 2 rings (SSSR count). The first-order valence-electron chi connectivity index (χ1n) is 6.55. The third-order valence-corrected chi connectivity index (χ3v) is 3.07. The molecular weight excluding hydrogens is 232 g/mol. The highest BCUT2D eigenvalue weighted by Gasteiger charge is 2.09. The van der Waals surface area contributed by atoms with Gasteiger partial charge in [0.2, 0.25) is 0 Å². The second-order valence-electron chi connectivity index (χ2n) is 4.85. The minimum Gasteiger partial charge on any atom is -0.289 e. The highest BCUT2D eigenvalue weighted by Crippen LogP contribution is 2.23. The second-order valence-corrected chi connectivity index (χ2v) is 4.85. The molecule has 0 radical (unpaired) electrons. The molecule has 0 aliphatic rings. The van der Waals surface area contributed by atoms with Gasteiger partial charge in [-0.2, -0.15) is 0 Å². The molecule has 2 aromatic carbocycles. The third kappa shape index (κ3) is 3.41. The van der Waals surface area contributed by atoms with E-state index in [2.05, 4.69) is 13.8 Å². The Morgan fingerprint density at radius 2 is 1.32 bits per heavy atom. The molecule has 0 heterocycles. The minimum absolute atomic E-state index is 0.0631. The maximum atomic E-state index is 12.3. The fraction of sp³-hybridized carbons (Fsp3) is 0.167. The van der Waals surface area contributed by atoms with Crippen molar-refractivity contribution in [2.24, 2.45) is 5.92 Å². The van der Waals surface area contributed by atoms with Gasteiger partial charge >= 0.3 is 0 Å². The molecule has 0 saturated carbocycles. The molecule has 0 atom stereocenters. The molecule has 0 spiro atoms. The summed E-state index contributed by atoms with van der Waals surface area (Å²) in [5.41, 5.74) is 2.92. The van der Waals surface area contributed by atoms with Crippen molar-refractivity contribution in [2.45, 2.75) is 13.8 Å². The van der Waals surface area contributed by atoms with Crippen LogP contribution in [0.3, 0.4) is 0 Å². The fourth-order valence-corrected chi connectivity index (χ4v) is 2.04. The van der Waals surface area contributed by atoms with E-state index in [1.807, 2.05) is 60.7 Å². The monoisotopic (exact) mass is 250 g/mol. The average molecular weight is 250 g/mol. The Morgan fingerprint density at radius 1 is 0.842 bits per heavy atom. The van der Waals surface area contributed by atoms with E-state index in [9.17, 15) is 4.79 Å². The third-order valence-electron chi connectivity index (χ3n) is 3.07. The summed E-state index contributed by atoms with van der Waals surface area (Å²) in [5.74, 6) is 0.378. The van der Waals surface area contributed by atoms with E-state index in [1.165, 1.54) is 0 Å². The molecule has 0 saturated heterocycles.